The van der Waals surface area contributed by atoms with Crippen LogP contribution in [0.15, 0.2) is 0 Å². The van der Waals surface area contributed by atoms with Gasteiger partial charge in [-0.15, -0.1) is 0 Å². The van der Waals surface area contributed by atoms with Gasteiger partial charge in [0.1, 0.15) is 0 Å². The predicted octanol–water partition coefficient (Wildman–Crippen LogP) is 0.587. The summed E-state index contributed by atoms with van der Waals surface area (Å²) in [5.41, 5.74) is 5.09. The molecule has 0 aromatic heterocycles. The molecule has 17 heavy (non-hydrogen) atoms. The minimum absolute atomic E-state index is 0.343. The number of piperidine rings is 1. The van der Waals surface area contributed by atoms with E-state index in [0.29, 0.717) is 18.6 Å². The van der Waals surface area contributed by atoms with Crippen molar-refractivity contribution in [3.63, 3.8) is 0 Å². The minimum atomic E-state index is -0.659. The SMILES string of the molecule is CCOC1CCCN(CC(O)(CN)C2CC2)C1. The maximum atomic E-state index is 10.5. The number of nitrogens with two attached hydrogens (primary N) is 1. The van der Waals surface area contributed by atoms with E-state index in [1.807, 2.05) is 6.92 Å². The van der Waals surface area contributed by atoms with E-state index in [-0.39, 0.29) is 0 Å². The van der Waals surface area contributed by atoms with Crippen LogP contribution in [0, 0.1) is 5.92 Å². The lowest BCUT2D eigenvalue weighted by Gasteiger charge is -2.38. The van der Waals surface area contributed by atoms with Gasteiger partial charge in [-0.25, -0.2) is 0 Å². The summed E-state index contributed by atoms with van der Waals surface area (Å²) in [4.78, 5) is 2.33. The Morgan fingerprint density at radius 1 is 1.41 bits per heavy atom. The summed E-state index contributed by atoms with van der Waals surface area (Å²) in [6.45, 7) is 5.94. The lowest BCUT2D eigenvalue weighted by atomic mass is 9.95. The molecule has 100 valence electrons. The minimum Gasteiger partial charge on any atom is -0.387 e. The van der Waals surface area contributed by atoms with E-state index < -0.39 is 5.60 Å². The zero-order valence-electron chi connectivity index (χ0n) is 10.9. The molecule has 1 heterocycles. The molecule has 2 fully saturated rings. The van der Waals surface area contributed by atoms with E-state index >= 15 is 0 Å². The fraction of sp³-hybridized carbons (Fsp3) is 1.00. The number of nitrogens with zero attached hydrogens (tertiary/aromatic N) is 1. The lowest BCUT2D eigenvalue weighted by Crippen LogP contribution is -2.53. The van der Waals surface area contributed by atoms with Crippen LogP contribution in [0.25, 0.3) is 0 Å². The number of rotatable bonds is 6. The molecule has 1 aliphatic carbocycles. The molecule has 2 rings (SSSR count). The standard InChI is InChI=1S/C13H26N2O2/c1-2-17-12-4-3-7-15(8-12)10-13(16,9-14)11-5-6-11/h11-12,16H,2-10,14H2,1H3. The molecule has 2 unspecified atom stereocenters. The van der Waals surface area contributed by atoms with E-state index in [9.17, 15) is 5.11 Å². The van der Waals surface area contributed by atoms with Crippen LogP contribution in [0.1, 0.15) is 32.6 Å². The molecule has 0 aromatic rings. The highest BCUT2D eigenvalue weighted by Crippen LogP contribution is 2.39. The maximum absolute atomic E-state index is 10.5. The maximum Gasteiger partial charge on any atom is 0.0923 e. The Bertz CT molecular complexity index is 244. The summed E-state index contributed by atoms with van der Waals surface area (Å²) < 4.78 is 5.68. The number of β-amino-alcohol motifs (C(OH)–C–C–N with tert-alkyl or cyclic N) is 1. The van der Waals surface area contributed by atoms with Gasteiger partial charge >= 0.3 is 0 Å². The normalized spacial score (nSPS) is 30.2. The number of likely N-dealkylation sites (tertiary alicyclic amines) is 1. The number of hydrogen-bond donors (Lipinski definition) is 2. The molecule has 0 radical (unpaired) electrons. The zero-order valence-corrected chi connectivity index (χ0v) is 10.9. The Labute approximate surface area is 104 Å². The van der Waals surface area contributed by atoms with Crippen molar-refractivity contribution in [1.29, 1.82) is 0 Å². The van der Waals surface area contributed by atoms with Gasteiger partial charge in [-0.2, -0.15) is 0 Å². The third-order valence-corrected chi connectivity index (χ3v) is 4.05. The Balaban J connectivity index is 1.84. The first-order chi connectivity index (χ1) is 8.18. The summed E-state index contributed by atoms with van der Waals surface area (Å²) in [7, 11) is 0. The highest BCUT2D eigenvalue weighted by Gasteiger charge is 2.44. The molecule has 2 atom stereocenters. The smallest absolute Gasteiger partial charge is 0.0923 e. The molecular weight excluding hydrogens is 216 g/mol. The highest BCUT2D eigenvalue weighted by molar-refractivity contribution is 4.98. The van der Waals surface area contributed by atoms with Gasteiger partial charge in [-0.3, -0.25) is 4.90 Å². The first-order valence-electron chi connectivity index (χ1n) is 6.94. The Kier molecular flexibility index (Phi) is 4.42. The molecule has 0 aromatic carbocycles. The van der Waals surface area contributed by atoms with Gasteiger partial charge in [0.25, 0.3) is 0 Å². The van der Waals surface area contributed by atoms with Crippen molar-refractivity contribution in [1.82, 2.24) is 4.90 Å². The third kappa shape index (κ3) is 3.41. The Hall–Kier alpha value is -0.160. The van der Waals surface area contributed by atoms with E-state index in [2.05, 4.69) is 4.90 Å². The largest absolute Gasteiger partial charge is 0.387 e. The van der Waals surface area contributed by atoms with Crippen molar-refractivity contribution in [3.05, 3.63) is 0 Å². The number of aliphatic hydroxyl groups is 1. The van der Waals surface area contributed by atoms with Gasteiger partial charge in [-0.05, 0) is 45.1 Å². The van der Waals surface area contributed by atoms with E-state index in [1.165, 1.54) is 0 Å². The molecule has 0 spiro atoms. The quantitative estimate of drug-likeness (QED) is 0.715. The summed E-state index contributed by atoms with van der Waals surface area (Å²) >= 11 is 0. The van der Waals surface area contributed by atoms with Gasteiger partial charge in [0.15, 0.2) is 0 Å². The van der Waals surface area contributed by atoms with Crippen LogP contribution in [0.3, 0.4) is 0 Å². The van der Waals surface area contributed by atoms with Crippen LogP contribution in [-0.2, 0) is 4.74 Å². The molecular formula is C13H26N2O2. The zero-order chi connectivity index (χ0) is 12.3. The summed E-state index contributed by atoms with van der Waals surface area (Å²) in [5.74, 6) is 0.431. The van der Waals surface area contributed by atoms with Crippen molar-refractivity contribution in [2.24, 2.45) is 11.7 Å². The highest BCUT2D eigenvalue weighted by atomic mass is 16.5. The topological polar surface area (TPSA) is 58.7 Å². The summed E-state index contributed by atoms with van der Waals surface area (Å²) in [5, 5.41) is 10.5. The molecule has 1 saturated carbocycles. The Morgan fingerprint density at radius 2 is 2.18 bits per heavy atom. The second-order valence-electron chi connectivity index (χ2n) is 5.54. The first kappa shape index (κ1) is 13.3. The summed E-state index contributed by atoms with van der Waals surface area (Å²) in [6, 6.07) is 0. The van der Waals surface area contributed by atoms with Gasteiger partial charge in [0, 0.05) is 26.2 Å². The van der Waals surface area contributed by atoms with Crippen molar-refractivity contribution >= 4 is 0 Å². The van der Waals surface area contributed by atoms with Gasteiger partial charge in [0.2, 0.25) is 0 Å². The molecule has 1 aliphatic heterocycles. The van der Waals surface area contributed by atoms with E-state index in [4.69, 9.17) is 10.5 Å². The van der Waals surface area contributed by atoms with Crippen LogP contribution < -0.4 is 5.73 Å². The first-order valence-corrected chi connectivity index (χ1v) is 6.94. The summed E-state index contributed by atoms with van der Waals surface area (Å²) in [6.07, 6.45) is 4.92. The van der Waals surface area contributed by atoms with Gasteiger partial charge in [-0.1, -0.05) is 0 Å². The molecule has 1 saturated heterocycles. The third-order valence-electron chi connectivity index (χ3n) is 4.05. The van der Waals surface area contributed by atoms with Crippen LogP contribution in [0.5, 0.6) is 0 Å². The van der Waals surface area contributed by atoms with Crippen LogP contribution in [-0.4, -0.2) is 54.5 Å². The average molecular weight is 242 g/mol. The van der Waals surface area contributed by atoms with Gasteiger partial charge in [0.05, 0.1) is 11.7 Å². The number of ether oxygens (including phenoxy) is 1. The molecule has 4 heteroatoms. The molecule has 0 bridgehead atoms. The lowest BCUT2D eigenvalue weighted by molar-refractivity contribution is -0.0444. The van der Waals surface area contributed by atoms with Crippen LogP contribution in [0.2, 0.25) is 0 Å². The predicted molar refractivity (Wildman–Crippen MR) is 67.8 cm³/mol. The molecule has 4 nitrogen and oxygen atoms in total. The molecule has 3 N–H and O–H groups in total. The number of hydrogen-bond acceptors (Lipinski definition) is 4. The fourth-order valence-electron chi connectivity index (χ4n) is 2.90. The molecule has 2 aliphatic rings. The Morgan fingerprint density at radius 3 is 2.76 bits per heavy atom. The van der Waals surface area contributed by atoms with Crippen LogP contribution in [0.4, 0.5) is 0 Å². The van der Waals surface area contributed by atoms with Crippen molar-refractivity contribution < 1.29 is 9.84 Å². The monoisotopic (exact) mass is 242 g/mol. The van der Waals surface area contributed by atoms with Crippen molar-refractivity contribution in [2.75, 3.05) is 32.8 Å². The fourth-order valence-corrected chi connectivity index (χ4v) is 2.90. The second kappa shape index (κ2) is 5.65. The van der Waals surface area contributed by atoms with Gasteiger partial charge < -0.3 is 15.6 Å². The average Bonchev–Trinajstić information content (AvgIpc) is 3.14. The van der Waals surface area contributed by atoms with Crippen molar-refractivity contribution in [2.45, 2.75) is 44.3 Å². The second-order valence-corrected chi connectivity index (χ2v) is 5.54. The van der Waals surface area contributed by atoms with E-state index in [1.54, 1.807) is 0 Å². The van der Waals surface area contributed by atoms with Crippen molar-refractivity contribution in [3.8, 4) is 0 Å². The van der Waals surface area contributed by atoms with Crippen LogP contribution >= 0.6 is 0 Å². The van der Waals surface area contributed by atoms with E-state index in [0.717, 1.165) is 51.9 Å². The molecule has 0 amide bonds.